The van der Waals surface area contributed by atoms with E-state index in [9.17, 15) is 0 Å². The van der Waals surface area contributed by atoms with Gasteiger partial charge in [0.2, 0.25) is 0 Å². The molecule has 0 bridgehead atoms. The van der Waals surface area contributed by atoms with Gasteiger partial charge in [0.15, 0.2) is 5.75 Å². The van der Waals surface area contributed by atoms with Crippen molar-refractivity contribution >= 4 is 0 Å². The van der Waals surface area contributed by atoms with Crippen LogP contribution in [-0.2, 0) is 6.54 Å². The van der Waals surface area contributed by atoms with E-state index in [4.69, 9.17) is 4.74 Å². The van der Waals surface area contributed by atoms with Crippen LogP contribution >= 0.6 is 0 Å². The van der Waals surface area contributed by atoms with Crippen LogP contribution in [0.2, 0.25) is 0 Å². The van der Waals surface area contributed by atoms with Gasteiger partial charge in [-0.05, 0) is 20.4 Å². The second-order valence-corrected chi connectivity index (χ2v) is 3.16. The third kappa shape index (κ3) is 1.90. The van der Waals surface area contributed by atoms with Crippen molar-refractivity contribution in [2.75, 3.05) is 14.2 Å². The monoisotopic (exact) mass is 197 g/mol. The molecule has 0 radical (unpaired) electrons. The van der Waals surface area contributed by atoms with Crippen molar-refractivity contribution in [2.24, 2.45) is 0 Å². The molecule has 1 heterocycles. The average Bonchev–Trinajstić information content (AvgIpc) is 2.63. The van der Waals surface area contributed by atoms with Gasteiger partial charge in [-0.2, -0.15) is 5.10 Å². The van der Waals surface area contributed by atoms with Gasteiger partial charge in [0, 0.05) is 6.54 Å². The van der Waals surface area contributed by atoms with Crippen LogP contribution in [0.25, 0.3) is 0 Å². The van der Waals surface area contributed by atoms with E-state index in [1.165, 1.54) is 0 Å². The van der Waals surface area contributed by atoms with Gasteiger partial charge in [0.05, 0.1) is 25.0 Å². The molecule has 0 amide bonds. The normalized spacial score (nSPS) is 12.9. The largest absolute Gasteiger partial charge is 0.493 e. The summed E-state index contributed by atoms with van der Waals surface area (Å²) in [5, 5.41) is 7.54. The standard InChI is InChI=1S/C10H19N3O/c1-5-8(11-3)10-9(14-4)7-12-13(10)6-2/h7-8,11H,5-6H2,1-4H3. The predicted octanol–water partition coefficient (Wildman–Crippen LogP) is 1.58. The number of nitrogens with one attached hydrogen (secondary N) is 1. The third-order valence-corrected chi connectivity index (χ3v) is 2.45. The van der Waals surface area contributed by atoms with Crippen molar-refractivity contribution in [3.05, 3.63) is 11.9 Å². The van der Waals surface area contributed by atoms with Crippen LogP contribution in [0.4, 0.5) is 0 Å². The van der Waals surface area contributed by atoms with E-state index in [2.05, 4.69) is 24.3 Å². The van der Waals surface area contributed by atoms with Gasteiger partial charge in [0.1, 0.15) is 0 Å². The van der Waals surface area contributed by atoms with Crippen molar-refractivity contribution in [3.63, 3.8) is 0 Å². The summed E-state index contributed by atoms with van der Waals surface area (Å²) >= 11 is 0. The van der Waals surface area contributed by atoms with Gasteiger partial charge in [-0.3, -0.25) is 4.68 Å². The van der Waals surface area contributed by atoms with Gasteiger partial charge in [-0.25, -0.2) is 0 Å². The topological polar surface area (TPSA) is 39.1 Å². The highest BCUT2D eigenvalue weighted by Crippen LogP contribution is 2.26. The summed E-state index contributed by atoms with van der Waals surface area (Å²) in [6, 6.07) is 0.312. The molecule has 1 aromatic rings. The number of hydrogen-bond donors (Lipinski definition) is 1. The molecule has 0 aliphatic heterocycles. The van der Waals surface area contributed by atoms with Crippen LogP contribution in [-0.4, -0.2) is 23.9 Å². The van der Waals surface area contributed by atoms with Crippen LogP contribution in [0.15, 0.2) is 6.20 Å². The molecule has 1 N–H and O–H groups in total. The van der Waals surface area contributed by atoms with E-state index >= 15 is 0 Å². The Morgan fingerprint density at radius 1 is 1.57 bits per heavy atom. The SMILES string of the molecule is CCC(NC)c1c(OC)cnn1CC. The highest BCUT2D eigenvalue weighted by molar-refractivity contribution is 5.28. The van der Waals surface area contributed by atoms with Gasteiger partial charge in [-0.15, -0.1) is 0 Å². The number of aromatic nitrogens is 2. The number of rotatable bonds is 5. The van der Waals surface area contributed by atoms with E-state index in [0.29, 0.717) is 6.04 Å². The van der Waals surface area contributed by atoms with Gasteiger partial charge >= 0.3 is 0 Å². The summed E-state index contributed by atoms with van der Waals surface area (Å²) < 4.78 is 7.26. The predicted molar refractivity (Wildman–Crippen MR) is 56.5 cm³/mol. The molecular formula is C10H19N3O. The molecule has 4 heteroatoms. The summed E-state index contributed by atoms with van der Waals surface area (Å²) in [6.07, 6.45) is 2.80. The first kappa shape index (κ1) is 11.0. The van der Waals surface area contributed by atoms with E-state index < -0.39 is 0 Å². The van der Waals surface area contributed by atoms with E-state index in [0.717, 1.165) is 24.4 Å². The lowest BCUT2D eigenvalue weighted by Gasteiger charge is -2.16. The third-order valence-electron chi connectivity index (χ3n) is 2.45. The van der Waals surface area contributed by atoms with Crippen LogP contribution in [0.3, 0.4) is 0 Å². The zero-order valence-corrected chi connectivity index (χ0v) is 9.37. The first-order valence-electron chi connectivity index (χ1n) is 5.05. The molecule has 4 nitrogen and oxygen atoms in total. The summed E-state index contributed by atoms with van der Waals surface area (Å²) in [5.41, 5.74) is 1.14. The fraction of sp³-hybridized carbons (Fsp3) is 0.700. The molecule has 1 aromatic heterocycles. The number of methoxy groups -OCH3 is 1. The molecule has 0 saturated carbocycles. The Morgan fingerprint density at radius 3 is 2.71 bits per heavy atom. The summed E-state index contributed by atoms with van der Waals surface area (Å²) in [6.45, 7) is 5.10. The number of hydrogen-bond acceptors (Lipinski definition) is 3. The fourth-order valence-corrected chi connectivity index (χ4v) is 1.67. The molecule has 1 rings (SSSR count). The Kier molecular flexibility index (Phi) is 3.95. The summed E-state index contributed by atoms with van der Waals surface area (Å²) in [5.74, 6) is 0.869. The highest BCUT2D eigenvalue weighted by Gasteiger charge is 2.17. The Labute approximate surface area is 85.3 Å². The number of nitrogens with zero attached hydrogens (tertiary/aromatic N) is 2. The minimum atomic E-state index is 0.312. The van der Waals surface area contributed by atoms with Gasteiger partial charge in [-0.1, -0.05) is 6.92 Å². The quantitative estimate of drug-likeness (QED) is 0.779. The maximum Gasteiger partial charge on any atom is 0.161 e. The van der Waals surface area contributed by atoms with E-state index in [1.807, 2.05) is 11.7 Å². The van der Waals surface area contributed by atoms with Gasteiger partial charge in [0.25, 0.3) is 0 Å². The van der Waals surface area contributed by atoms with Crippen molar-refractivity contribution in [2.45, 2.75) is 32.9 Å². The maximum absolute atomic E-state index is 5.29. The smallest absolute Gasteiger partial charge is 0.161 e. The fourth-order valence-electron chi connectivity index (χ4n) is 1.67. The average molecular weight is 197 g/mol. The highest BCUT2D eigenvalue weighted by atomic mass is 16.5. The molecule has 0 spiro atoms. The molecule has 1 unspecified atom stereocenters. The minimum absolute atomic E-state index is 0.312. The van der Waals surface area contributed by atoms with Crippen molar-refractivity contribution < 1.29 is 4.74 Å². The Bertz CT molecular complexity index is 257. The molecule has 0 fully saturated rings. The molecule has 0 aliphatic rings. The van der Waals surface area contributed by atoms with Crippen LogP contribution in [0, 0.1) is 0 Å². The zero-order valence-electron chi connectivity index (χ0n) is 9.37. The van der Waals surface area contributed by atoms with Crippen LogP contribution in [0.1, 0.15) is 32.0 Å². The molecular weight excluding hydrogens is 178 g/mol. The molecule has 14 heavy (non-hydrogen) atoms. The lowest BCUT2D eigenvalue weighted by Crippen LogP contribution is -2.20. The summed E-state index contributed by atoms with van der Waals surface area (Å²) in [4.78, 5) is 0. The van der Waals surface area contributed by atoms with Crippen LogP contribution < -0.4 is 10.1 Å². The van der Waals surface area contributed by atoms with E-state index in [1.54, 1.807) is 13.3 Å². The molecule has 1 atom stereocenters. The minimum Gasteiger partial charge on any atom is -0.493 e. The Balaban J connectivity index is 3.06. The lowest BCUT2D eigenvalue weighted by atomic mass is 10.1. The van der Waals surface area contributed by atoms with Crippen molar-refractivity contribution in [3.8, 4) is 5.75 Å². The molecule has 0 saturated heterocycles. The van der Waals surface area contributed by atoms with Crippen LogP contribution in [0.5, 0.6) is 5.75 Å². The molecule has 0 aliphatic carbocycles. The second kappa shape index (κ2) is 5.00. The number of aryl methyl sites for hydroxylation is 1. The second-order valence-electron chi connectivity index (χ2n) is 3.16. The van der Waals surface area contributed by atoms with Crippen molar-refractivity contribution in [1.82, 2.24) is 15.1 Å². The summed E-state index contributed by atoms with van der Waals surface area (Å²) in [7, 11) is 3.64. The zero-order chi connectivity index (χ0) is 10.6. The molecule has 80 valence electrons. The molecule has 0 aromatic carbocycles. The maximum atomic E-state index is 5.29. The first-order chi connectivity index (χ1) is 6.78. The number of ether oxygens (including phenoxy) is 1. The Morgan fingerprint density at radius 2 is 2.29 bits per heavy atom. The lowest BCUT2D eigenvalue weighted by molar-refractivity contribution is 0.393. The first-order valence-corrected chi connectivity index (χ1v) is 5.05. The van der Waals surface area contributed by atoms with Crippen molar-refractivity contribution in [1.29, 1.82) is 0 Å². The van der Waals surface area contributed by atoms with Gasteiger partial charge < -0.3 is 10.1 Å². The Hall–Kier alpha value is -1.03. The van der Waals surface area contributed by atoms with E-state index in [-0.39, 0.29) is 0 Å².